The molecule has 9 heteroatoms. The van der Waals surface area contributed by atoms with E-state index in [0.29, 0.717) is 24.1 Å². The van der Waals surface area contributed by atoms with E-state index < -0.39 is 13.9 Å². The topological polar surface area (TPSA) is 91.3 Å². The standard InChI is InChI=1S/C54H94NO7P/c1-6-8-10-12-14-16-18-20-22-24-25-26-27-28-29-30-31-32-33-35-37-39-41-43-45-47-54(56)62-53(52-61-63(57,58)60-50-48-55(3,4)5)51-59-49-46-44-42-40-38-36-34-23-21-19-17-15-13-11-9-7-2/h8-11,14-17,20-23,25-26,28-29,53H,6-7,12-13,18-19,24,27,30-52H2,1-5H3/p+1/b10-8-,11-9-,16-14-,17-15-,22-20-,23-21-,26-25-,29-28-. The average molecular weight is 901 g/mol. The molecule has 0 fully saturated rings. The van der Waals surface area contributed by atoms with E-state index >= 15 is 0 Å². The molecule has 0 aromatic heterocycles. The first kappa shape index (κ1) is 60.4. The Morgan fingerprint density at radius 3 is 1.30 bits per heavy atom. The number of likely N-dealkylation sites (N-methyl/N-ethyl adjacent to an activating group) is 1. The third-order valence-electron chi connectivity index (χ3n) is 10.1. The first-order valence-corrected chi connectivity index (χ1v) is 26.5. The molecule has 0 aromatic rings. The number of ether oxygens (including phenoxy) is 2. The molecule has 0 aliphatic carbocycles. The van der Waals surface area contributed by atoms with Gasteiger partial charge in [0.05, 0.1) is 34.4 Å². The van der Waals surface area contributed by atoms with Crippen molar-refractivity contribution in [2.45, 2.75) is 187 Å². The third-order valence-corrected chi connectivity index (χ3v) is 11.1. The summed E-state index contributed by atoms with van der Waals surface area (Å²) >= 11 is 0. The summed E-state index contributed by atoms with van der Waals surface area (Å²) in [5.74, 6) is -0.329. The van der Waals surface area contributed by atoms with Gasteiger partial charge in [-0.1, -0.05) is 182 Å². The highest BCUT2D eigenvalue weighted by Gasteiger charge is 2.26. The van der Waals surface area contributed by atoms with Gasteiger partial charge < -0.3 is 18.9 Å². The second kappa shape index (κ2) is 46.0. The fourth-order valence-electron chi connectivity index (χ4n) is 6.36. The SMILES string of the molecule is CC/C=C\C/C=C\C/C=C\C/C=C\C/C=C\CCCCCCCCCCCC(=O)OC(COCCCCCCCC/C=C\C/C=C\C/C=C\CC)COP(=O)(O)OCC[N+](C)(C)C. The molecule has 0 aliphatic rings. The number of nitrogens with zero attached hydrogens (tertiary/aromatic N) is 1. The Balaban J connectivity index is 4.19. The van der Waals surface area contributed by atoms with Crippen LogP contribution in [-0.4, -0.2) is 75.6 Å². The number of phosphoric ester groups is 1. The van der Waals surface area contributed by atoms with Crippen LogP contribution in [0.2, 0.25) is 0 Å². The molecule has 0 bridgehead atoms. The van der Waals surface area contributed by atoms with Crippen molar-refractivity contribution in [3.8, 4) is 0 Å². The Bertz CT molecular complexity index is 1320. The summed E-state index contributed by atoms with van der Waals surface area (Å²) in [6.07, 6.45) is 63.1. The molecule has 0 aliphatic heterocycles. The maximum atomic E-state index is 12.8. The summed E-state index contributed by atoms with van der Waals surface area (Å²) in [5.41, 5.74) is 0. The van der Waals surface area contributed by atoms with Gasteiger partial charge in [0.15, 0.2) is 0 Å². The smallest absolute Gasteiger partial charge is 0.457 e. The van der Waals surface area contributed by atoms with E-state index in [9.17, 15) is 14.3 Å². The van der Waals surface area contributed by atoms with Gasteiger partial charge in [-0.2, -0.15) is 0 Å². The zero-order chi connectivity index (χ0) is 46.2. The highest BCUT2D eigenvalue weighted by molar-refractivity contribution is 7.47. The summed E-state index contributed by atoms with van der Waals surface area (Å²) in [6, 6.07) is 0. The fourth-order valence-corrected chi connectivity index (χ4v) is 7.10. The van der Waals surface area contributed by atoms with Crippen molar-refractivity contribution >= 4 is 13.8 Å². The Labute approximate surface area is 387 Å². The number of quaternary nitrogens is 1. The van der Waals surface area contributed by atoms with Gasteiger partial charge in [-0.05, 0) is 89.9 Å². The predicted molar refractivity (Wildman–Crippen MR) is 270 cm³/mol. The van der Waals surface area contributed by atoms with Gasteiger partial charge in [0.2, 0.25) is 0 Å². The van der Waals surface area contributed by atoms with Gasteiger partial charge in [0, 0.05) is 13.0 Å². The maximum absolute atomic E-state index is 12.8. The highest BCUT2D eigenvalue weighted by Crippen LogP contribution is 2.43. The van der Waals surface area contributed by atoms with E-state index in [-0.39, 0.29) is 25.8 Å². The summed E-state index contributed by atoms with van der Waals surface area (Å²) in [5, 5.41) is 0. The lowest BCUT2D eigenvalue weighted by Crippen LogP contribution is -2.37. The van der Waals surface area contributed by atoms with Crippen molar-refractivity contribution in [1.29, 1.82) is 0 Å². The van der Waals surface area contributed by atoms with E-state index in [1.807, 2.05) is 21.1 Å². The van der Waals surface area contributed by atoms with Crippen molar-refractivity contribution in [2.24, 2.45) is 0 Å². The predicted octanol–water partition coefficient (Wildman–Crippen LogP) is 15.4. The molecule has 2 atom stereocenters. The number of esters is 1. The van der Waals surface area contributed by atoms with Crippen LogP contribution in [0.4, 0.5) is 0 Å². The number of carbonyl (C=O) groups excluding carboxylic acids is 1. The van der Waals surface area contributed by atoms with Crippen LogP contribution < -0.4 is 0 Å². The number of phosphoric acid groups is 1. The van der Waals surface area contributed by atoms with E-state index in [4.69, 9.17) is 18.5 Å². The van der Waals surface area contributed by atoms with Crippen molar-refractivity contribution in [2.75, 3.05) is 54.1 Å². The Hall–Kier alpha value is -2.58. The Morgan fingerprint density at radius 2 is 0.873 bits per heavy atom. The van der Waals surface area contributed by atoms with Crippen LogP contribution in [0, 0.1) is 0 Å². The lowest BCUT2D eigenvalue weighted by atomic mass is 10.1. The van der Waals surface area contributed by atoms with Crippen LogP contribution >= 0.6 is 7.82 Å². The number of carbonyl (C=O) groups is 1. The van der Waals surface area contributed by atoms with Crippen molar-refractivity contribution < 1.29 is 37.3 Å². The minimum atomic E-state index is -4.29. The molecular formula is C54H95NO7P+. The summed E-state index contributed by atoms with van der Waals surface area (Å²) in [7, 11) is 1.64. The molecule has 0 aromatic carbocycles. The van der Waals surface area contributed by atoms with Crippen molar-refractivity contribution in [1.82, 2.24) is 0 Å². The number of hydrogen-bond donors (Lipinski definition) is 1. The molecule has 362 valence electrons. The quantitative estimate of drug-likeness (QED) is 0.0214. The Kier molecular flexibility index (Phi) is 44.1. The second-order valence-corrected chi connectivity index (χ2v) is 18.9. The summed E-state index contributed by atoms with van der Waals surface area (Å²) in [4.78, 5) is 23.0. The largest absolute Gasteiger partial charge is 0.472 e. The van der Waals surface area contributed by atoms with E-state index in [0.717, 1.165) is 103 Å². The lowest BCUT2D eigenvalue weighted by molar-refractivity contribution is -0.870. The Morgan fingerprint density at radius 1 is 0.492 bits per heavy atom. The molecule has 1 N–H and O–H groups in total. The van der Waals surface area contributed by atoms with Crippen molar-refractivity contribution in [3.63, 3.8) is 0 Å². The zero-order valence-corrected chi connectivity index (χ0v) is 41.9. The lowest BCUT2D eigenvalue weighted by Gasteiger charge is -2.24. The molecule has 8 nitrogen and oxygen atoms in total. The average Bonchev–Trinajstić information content (AvgIpc) is 3.24. The fraction of sp³-hybridized carbons (Fsp3) is 0.685. The van der Waals surface area contributed by atoms with Crippen LogP contribution in [0.5, 0.6) is 0 Å². The van der Waals surface area contributed by atoms with Gasteiger partial charge in [0.25, 0.3) is 0 Å². The first-order chi connectivity index (χ1) is 30.6. The summed E-state index contributed by atoms with van der Waals surface area (Å²) < 4.78 is 35.1. The van der Waals surface area contributed by atoms with Gasteiger partial charge in [-0.15, -0.1) is 0 Å². The maximum Gasteiger partial charge on any atom is 0.472 e. The molecule has 0 heterocycles. The van der Waals surface area contributed by atoms with Gasteiger partial charge in [-0.25, -0.2) is 4.57 Å². The van der Waals surface area contributed by atoms with Gasteiger partial charge in [-0.3, -0.25) is 13.8 Å². The highest BCUT2D eigenvalue weighted by atomic mass is 31.2. The molecule has 2 unspecified atom stereocenters. The molecule has 0 saturated heterocycles. The molecule has 0 spiro atoms. The third kappa shape index (κ3) is 50.3. The molecular weight excluding hydrogens is 806 g/mol. The molecule has 0 saturated carbocycles. The van der Waals surface area contributed by atoms with Crippen LogP contribution in [0.3, 0.4) is 0 Å². The normalized spacial score (nSPS) is 14.4. The van der Waals surface area contributed by atoms with Crippen LogP contribution in [0.1, 0.15) is 181 Å². The number of allylic oxidation sites excluding steroid dienone is 16. The minimum absolute atomic E-state index is 0.0791. The molecule has 63 heavy (non-hydrogen) atoms. The monoisotopic (exact) mass is 901 g/mol. The summed E-state index contributed by atoms with van der Waals surface area (Å²) in [6.45, 7) is 5.34. The molecule has 0 radical (unpaired) electrons. The van der Waals surface area contributed by atoms with Crippen LogP contribution in [-0.2, 0) is 27.9 Å². The van der Waals surface area contributed by atoms with E-state index in [2.05, 4.69) is 111 Å². The zero-order valence-electron chi connectivity index (χ0n) is 41.0. The molecule has 0 amide bonds. The minimum Gasteiger partial charge on any atom is -0.457 e. The van der Waals surface area contributed by atoms with Gasteiger partial charge >= 0.3 is 13.8 Å². The second-order valence-electron chi connectivity index (χ2n) is 17.4. The number of hydrogen-bond acceptors (Lipinski definition) is 6. The number of unbranched alkanes of at least 4 members (excludes halogenated alkanes) is 15. The van der Waals surface area contributed by atoms with Crippen molar-refractivity contribution in [3.05, 3.63) is 97.2 Å². The number of rotatable bonds is 45. The van der Waals surface area contributed by atoms with Crippen LogP contribution in [0.25, 0.3) is 0 Å². The van der Waals surface area contributed by atoms with E-state index in [1.165, 1.54) is 57.8 Å². The first-order valence-electron chi connectivity index (χ1n) is 25.0. The van der Waals surface area contributed by atoms with Gasteiger partial charge in [0.1, 0.15) is 19.3 Å². The van der Waals surface area contributed by atoms with E-state index in [1.54, 1.807) is 0 Å². The molecule has 0 rings (SSSR count). The van der Waals surface area contributed by atoms with Crippen LogP contribution in [0.15, 0.2) is 97.2 Å².